The first kappa shape index (κ1) is 11.7. The fraction of sp³-hybridized carbons (Fsp3) is 1.00. The van der Waals surface area contributed by atoms with Gasteiger partial charge in [-0.1, -0.05) is 10.0 Å². The Balaban J connectivity index is 3.34. The van der Waals surface area contributed by atoms with Gasteiger partial charge in [-0.05, 0) is 26.7 Å². The summed E-state index contributed by atoms with van der Waals surface area (Å²) >= 11 is -0.788. The van der Waals surface area contributed by atoms with E-state index in [0.29, 0.717) is 0 Å². The first-order valence-corrected chi connectivity index (χ1v) is 11.7. The average molecular weight is 213 g/mol. The molecule has 0 aromatic heterocycles. The molecule has 0 spiro atoms. The maximum Gasteiger partial charge on any atom is 0.408 e. The molecule has 0 saturated carbocycles. The molecule has 0 aliphatic rings. The number of hydrogen-bond donors (Lipinski definition) is 0. The molecule has 0 radical (unpaired) electrons. The van der Waals surface area contributed by atoms with Crippen LogP contribution in [0.5, 0.6) is 0 Å². The Kier molecular flexibility index (Phi) is 7.27. The van der Waals surface area contributed by atoms with Crippen LogP contribution in [-0.4, -0.2) is 49.9 Å². The smallest absolute Gasteiger partial charge is 0.260 e. The number of hydrogen-bond acceptors (Lipinski definition) is 0. The summed E-state index contributed by atoms with van der Waals surface area (Å²) in [5.41, 5.74) is 0. The summed E-state index contributed by atoms with van der Waals surface area (Å²) in [7, 11) is 6.78. The summed E-state index contributed by atoms with van der Waals surface area (Å²) in [4.78, 5) is 0. The molecule has 60 valence electrons. The van der Waals surface area contributed by atoms with Crippen LogP contribution in [0.3, 0.4) is 0 Å². The normalized spacial score (nSPS) is 11.1. The molecule has 0 aliphatic carbocycles. The van der Waals surface area contributed by atoms with Gasteiger partial charge in [0.25, 0.3) is 0 Å². The standard InChI is InChI=1S/2C3H8P.Al.ClH/c2*1-4(2)3;;/h2*1H2,2-3H3;;1H/q;;+1;/p-1. The Hall–Kier alpha value is 1.68. The monoisotopic (exact) mass is 212 g/mol. The van der Waals surface area contributed by atoms with Crippen LogP contribution in [0.2, 0.25) is 0 Å². The molecule has 0 atom stereocenters. The number of rotatable bonds is 4. The Labute approximate surface area is 75.8 Å². The fourth-order valence-corrected chi connectivity index (χ4v) is 13.7. The van der Waals surface area contributed by atoms with E-state index in [1.807, 2.05) is 0 Å². The van der Waals surface area contributed by atoms with Crippen LogP contribution in [-0.2, 0) is 0 Å². The third-order valence-electron chi connectivity index (χ3n) is 1.13. The van der Waals surface area contributed by atoms with Crippen molar-refractivity contribution in [3.05, 3.63) is 0 Å². The molecule has 0 fully saturated rings. The summed E-state index contributed by atoms with van der Waals surface area (Å²) in [6.45, 7) is 9.30. The molecule has 0 N–H and O–H groups in total. The van der Waals surface area contributed by atoms with E-state index in [2.05, 4.69) is 26.7 Å². The Bertz CT molecular complexity index is 77.8. The molecule has 0 nitrogen and oxygen atoms in total. The van der Waals surface area contributed by atoms with E-state index in [1.54, 1.807) is 0 Å². The summed E-state index contributed by atoms with van der Waals surface area (Å²) in [5.74, 6) is 0. The van der Waals surface area contributed by atoms with E-state index >= 15 is 0 Å². The van der Waals surface area contributed by atoms with Crippen LogP contribution in [0.4, 0.5) is 0 Å². The van der Waals surface area contributed by atoms with Crippen molar-refractivity contribution in [1.29, 1.82) is 0 Å². The van der Waals surface area contributed by atoms with Crippen molar-refractivity contribution in [3.63, 3.8) is 0 Å². The Morgan fingerprint density at radius 3 is 1.50 bits per heavy atom. The Morgan fingerprint density at radius 2 is 1.30 bits per heavy atom. The van der Waals surface area contributed by atoms with E-state index in [0.717, 1.165) is 0 Å². The van der Waals surface area contributed by atoms with Crippen molar-refractivity contribution >= 4 is 39.1 Å². The zero-order valence-electron chi connectivity index (χ0n) is 7.26. The van der Waals surface area contributed by atoms with Crippen molar-refractivity contribution in [3.8, 4) is 0 Å². The SMILES string of the molecule is CP(C)[CH2][Al]([Cl])[CH2]P(C)C. The molecule has 0 heterocycles. The predicted octanol–water partition coefficient (Wildman–Crippen LogP) is 2.78. The summed E-state index contributed by atoms with van der Waals surface area (Å²) in [6, 6.07) is 0. The lowest BCUT2D eigenvalue weighted by molar-refractivity contribution is 1.86. The molecule has 0 aliphatic heterocycles. The van der Waals surface area contributed by atoms with E-state index < -0.39 is 13.2 Å². The van der Waals surface area contributed by atoms with Crippen molar-refractivity contribution in [2.75, 3.05) is 36.7 Å². The third-order valence-corrected chi connectivity index (χ3v) is 12.6. The van der Waals surface area contributed by atoms with Crippen molar-refractivity contribution in [1.82, 2.24) is 0 Å². The van der Waals surface area contributed by atoms with Crippen molar-refractivity contribution < 1.29 is 0 Å². The van der Waals surface area contributed by atoms with Gasteiger partial charge in [0.05, 0.1) is 0 Å². The van der Waals surface area contributed by atoms with E-state index in [9.17, 15) is 0 Å². The highest BCUT2D eigenvalue weighted by Gasteiger charge is 2.16. The molecular formula is C6H16AlClP2. The highest BCUT2D eigenvalue weighted by molar-refractivity contribution is 7.63. The molecular weight excluding hydrogens is 196 g/mol. The molecule has 0 unspecified atom stereocenters. The molecule has 4 heteroatoms. The lowest BCUT2D eigenvalue weighted by Crippen LogP contribution is -2.14. The van der Waals surface area contributed by atoms with Gasteiger partial charge in [-0.3, -0.25) is 10.0 Å². The lowest BCUT2D eigenvalue weighted by atomic mass is 11.8. The van der Waals surface area contributed by atoms with Gasteiger partial charge in [0.15, 0.2) is 0 Å². The first-order chi connectivity index (χ1) is 4.52. The van der Waals surface area contributed by atoms with Gasteiger partial charge in [0.2, 0.25) is 0 Å². The summed E-state index contributed by atoms with van der Waals surface area (Å²) < 4.78 is 0. The molecule has 0 aromatic rings. The second-order valence-corrected chi connectivity index (χ2v) is 13.4. The topological polar surface area (TPSA) is 0 Å². The number of halogens is 1. The lowest BCUT2D eigenvalue weighted by Gasteiger charge is -2.09. The van der Waals surface area contributed by atoms with E-state index in [4.69, 9.17) is 10.0 Å². The van der Waals surface area contributed by atoms with Gasteiger partial charge in [-0.15, -0.1) is 15.8 Å². The van der Waals surface area contributed by atoms with Crippen LogP contribution in [0.15, 0.2) is 0 Å². The van der Waals surface area contributed by atoms with Crippen LogP contribution in [0.1, 0.15) is 0 Å². The van der Waals surface area contributed by atoms with Crippen LogP contribution in [0.25, 0.3) is 0 Å². The molecule has 0 amide bonds. The average Bonchev–Trinajstić information content (AvgIpc) is 1.58. The van der Waals surface area contributed by atoms with E-state index in [-0.39, 0.29) is 15.8 Å². The third kappa shape index (κ3) is 7.79. The fourth-order valence-electron chi connectivity index (χ4n) is 0.850. The second-order valence-electron chi connectivity index (χ2n) is 3.12. The molecule has 10 heavy (non-hydrogen) atoms. The van der Waals surface area contributed by atoms with Gasteiger partial charge in [0, 0.05) is 0 Å². The van der Waals surface area contributed by atoms with Gasteiger partial charge < -0.3 is 0 Å². The van der Waals surface area contributed by atoms with Gasteiger partial charge in [-0.25, -0.2) is 0 Å². The maximum atomic E-state index is 6.24. The van der Waals surface area contributed by atoms with Crippen LogP contribution < -0.4 is 0 Å². The molecule has 0 aromatic carbocycles. The second kappa shape index (κ2) is 6.23. The largest absolute Gasteiger partial charge is 0.408 e. The maximum absolute atomic E-state index is 6.24. The highest BCUT2D eigenvalue weighted by atomic mass is 35.6. The highest BCUT2D eigenvalue weighted by Crippen LogP contribution is 2.31. The van der Waals surface area contributed by atoms with Crippen LogP contribution >= 0.6 is 25.9 Å². The molecule has 0 rings (SSSR count). The Morgan fingerprint density at radius 1 is 1.00 bits per heavy atom. The molecule has 0 bridgehead atoms. The summed E-state index contributed by atoms with van der Waals surface area (Å²) in [6.07, 6.45) is 0. The van der Waals surface area contributed by atoms with Gasteiger partial charge in [0.1, 0.15) is 0 Å². The minimum atomic E-state index is -0.788. The van der Waals surface area contributed by atoms with E-state index in [1.165, 1.54) is 10.0 Å². The summed E-state index contributed by atoms with van der Waals surface area (Å²) in [5, 5.41) is 2.74. The van der Waals surface area contributed by atoms with Crippen LogP contribution in [0, 0.1) is 0 Å². The van der Waals surface area contributed by atoms with Crippen molar-refractivity contribution in [2.45, 2.75) is 0 Å². The van der Waals surface area contributed by atoms with Crippen molar-refractivity contribution in [2.24, 2.45) is 0 Å². The zero-order chi connectivity index (χ0) is 8.15. The molecule has 0 saturated heterocycles. The van der Waals surface area contributed by atoms with Gasteiger partial charge >= 0.3 is 13.2 Å². The first-order valence-electron chi connectivity index (χ1n) is 3.46. The minimum Gasteiger partial charge on any atom is -0.260 e. The minimum absolute atomic E-state index is 0.270. The predicted molar refractivity (Wildman–Crippen MR) is 58.9 cm³/mol. The zero-order valence-corrected chi connectivity index (χ0v) is 11.0. The van der Waals surface area contributed by atoms with Gasteiger partial charge in [-0.2, -0.15) is 0 Å². The quantitative estimate of drug-likeness (QED) is 0.497.